The van der Waals surface area contributed by atoms with E-state index in [1.165, 1.54) is 13.3 Å². The maximum Gasteiger partial charge on any atom is 0.230 e. The van der Waals surface area contributed by atoms with E-state index >= 15 is 4.39 Å². The molecule has 4 aromatic rings. The first kappa shape index (κ1) is 20.7. The van der Waals surface area contributed by atoms with Crippen LogP contribution in [-0.2, 0) is 4.79 Å². The van der Waals surface area contributed by atoms with Crippen molar-refractivity contribution in [1.29, 1.82) is 5.26 Å². The Morgan fingerprint density at radius 2 is 2.21 bits per heavy atom. The van der Waals surface area contributed by atoms with E-state index in [1.54, 1.807) is 23.0 Å². The Balaban J connectivity index is 1.56. The molecule has 0 spiro atoms. The average Bonchev–Trinajstić information content (AvgIpc) is 3.24. The molecule has 0 saturated heterocycles. The lowest BCUT2D eigenvalue weighted by atomic mass is 10.0. The average molecular weight is 448 g/mol. The molecular weight excluding hydrogens is 427 g/mol. The number of carbonyl (C=O) groups is 1. The zero-order chi connectivity index (χ0) is 23.3. The Bertz CT molecular complexity index is 1430. The number of carbonyl (C=O) groups excluding carboxylic acids is 1. The highest BCUT2D eigenvalue weighted by molar-refractivity contribution is 6.03. The highest BCUT2D eigenvalue weighted by Gasteiger charge is 2.43. The molecule has 11 heteroatoms. The SMILES string of the molecule is COc1c(F)c(NC(C)C)c2[nH]ncc2c1-c1cn2cc(NC(=O)[C@@H]3C[C@@H]3C#N)nc2cn1. The zero-order valence-electron chi connectivity index (χ0n) is 18.2. The van der Waals surface area contributed by atoms with Gasteiger partial charge in [-0.1, -0.05) is 0 Å². The topological polar surface area (TPSA) is 133 Å². The van der Waals surface area contributed by atoms with Crippen molar-refractivity contribution in [2.24, 2.45) is 11.8 Å². The molecular formula is C22H21FN8O2. The van der Waals surface area contributed by atoms with Crippen molar-refractivity contribution in [3.05, 3.63) is 30.6 Å². The number of hydrogen-bond donors (Lipinski definition) is 3. The molecule has 0 unspecified atom stereocenters. The number of nitriles is 1. The van der Waals surface area contributed by atoms with Crippen LogP contribution in [0.2, 0.25) is 0 Å². The molecule has 0 radical (unpaired) electrons. The van der Waals surface area contributed by atoms with Gasteiger partial charge in [-0.2, -0.15) is 10.4 Å². The Kier molecular flexibility index (Phi) is 4.85. The number of imidazole rings is 1. The minimum Gasteiger partial charge on any atom is -0.493 e. The smallest absolute Gasteiger partial charge is 0.230 e. The summed E-state index contributed by atoms with van der Waals surface area (Å²) in [6.07, 6.45) is 7.03. The molecule has 0 aliphatic heterocycles. The van der Waals surface area contributed by atoms with Crippen molar-refractivity contribution in [1.82, 2.24) is 24.6 Å². The Morgan fingerprint density at radius 1 is 1.39 bits per heavy atom. The first-order chi connectivity index (χ1) is 15.9. The van der Waals surface area contributed by atoms with E-state index in [0.717, 1.165) is 0 Å². The largest absolute Gasteiger partial charge is 0.493 e. The van der Waals surface area contributed by atoms with Crippen LogP contribution in [0.5, 0.6) is 5.75 Å². The van der Waals surface area contributed by atoms with Crippen LogP contribution < -0.4 is 15.4 Å². The molecule has 3 N–H and O–H groups in total. The zero-order valence-corrected chi connectivity index (χ0v) is 18.2. The summed E-state index contributed by atoms with van der Waals surface area (Å²) in [7, 11) is 1.41. The molecule has 3 aromatic heterocycles. The summed E-state index contributed by atoms with van der Waals surface area (Å²) in [5, 5.41) is 22.4. The molecule has 3 heterocycles. The lowest BCUT2D eigenvalue weighted by Crippen LogP contribution is -2.14. The van der Waals surface area contributed by atoms with E-state index in [0.29, 0.717) is 40.0 Å². The molecule has 1 aliphatic rings. The number of amides is 1. The molecule has 10 nitrogen and oxygen atoms in total. The number of ether oxygens (including phenoxy) is 1. The van der Waals surface area contributed by atoms with Crippen molar-refractivity contribution in [3.8, 4) is 23.1 Å². The van der Waals surface area contributed by atoms with Crippen LogP contribution in [0, 0.1) is 29.0 Å². The van der Waals surface area contributed by atoms with Crippen molar-refractivity contribution in [3.63, 3.8) is 0 Å². The number of aromatic nitrogens is 5. The van der Waals surface area contributed by atoms with E-state index in [9.17, 15) is 4.79 Å². The van der Waals surface area contributed by atoms with Crippen LogP contribution >= 0.6 is 0 Å². The highest BCUT2D eigenvalue weighted by Crippen LogP contribution is 2.43. The minimum absolute atomic E-state index is 0.00492. The number of H-pyrrole nitrogens is 1. The number of benzene rings is 1. The van der Waals surface area contributed by atoms with Gasteiger partial charge in [0.2, 0.25) is 5.91 Å². The summed E-state index contributed by atoms with van der Waals surface area (Å²) in [6.45, 7) is 3.83. The number of nitrogens with one attached hydrogen (secondary N) is 3. The van der Waals surface area contributed by atoms with Crippen LogP contribution in [0.25, 0.3) is 27.8 Å². The highest BCUT2D eigenvalue weighted by atomic mass is 19.1. The first-order valence-electron chi connectivity index (χ1n) is 10.5. The van der Waals surface area contributed by atoms with Gasteiger partial charge in [0.05, 0.1) is 60.4 Å². The van der Waals surface area contributed by atoms with Gasteiger partial charge < -0.3 is 19.8 Å². The van der Waals surface area contributed by atoms with E-state index in [1.807, 2.05) is 13.8 Å². The van der Waals surface area contributed by atoms with Crippen LogP contribution in [0.1, 0.15) is 20.3 Å². The van der Waals surface area contributed by atoms with Crippen LogP contribution in [0.3, 0.4) is 0 Å². The van der Waals surface area contributed by atoms with E-state index in [-0.39, 0.29) is 35.2 Å². The third-order valence-corrected chi connectivity index (χ3v) is 5.58. The number of aromatic amines is 1. The second-order valence-corrected chi connectivity index (χ2v) is 8.29. The van der Waals surface area contributed by atoms with Crippen molar-refractivity contribution < 1.29 is 13.9 Å². The van der Waals surface area contributed by atoms with Gasteiger partial charge in [-0.05, 0) is 20.3 Å². The maximum absolute atomic E-state index is 15.4. The van der Waals surface area contributed by atoms with E-state index < -0.39 is 5.82 Å². The minimum atomic E-state index is -0.546. The first-order valence-corrected chi connectivity index (χ1v) is 10.5. The fourth-order valence-corrected chi connectivity index (χ4v) is 3.93. The summed E-state index contributed by atoms with van der Waals surface area (Å²) in [5.41, 5.74) is 2.19. The van der Waals surface area contributed by atoms with Crippen molar-refractivity contribution >= 4 is 34.0 Å². The quantitative estimate of drug-likeness (QED) is 0.412. The fraction of sp³-hybridized carbons (Fsp3) is 0.318. The molecule has 168 valence electrons. The Labute approximate surface area is 187 Å². The predicted molar refractivity (Wildman–Crippen MR) is 119 cm³/mol. The number of fused-ring (bicyclic) bond motifs is 2. The number of rotatable bonds is 6. The number of halogens is 1. The van der Waals surface area contributed by atoms with Gasteiger partial charge in [0.25, 0.3) is 0 Å². The third kappa shape index (κ3) is 3.49. The van der Waals surface area contributed by atoms with Crippen LogP contribution in [0.4, 0.5) is 15.9 Å². The Morgan fingerprint density at radius 3 is 2.91 bits per heavy atom. The van der Waals surface area contributed by atoms with Crippen molar-refractivity contribution in [2.45, 2.75) is 26.3 Å². The molecule has 2 atom stereocenters. The van der Waals surface area contributed by atoms with Gasteiger partial charge in [-0.15, -0.1) is 0 Å². The van der Waals surface area contributed by atoms with Gasteiger partial charge in [0, 0.05) is 17.6 Å². The Hall–Kier alpha value is -4.20. The standard InChI is InChI=1S/C22H21FN8O2/c1-10(2)27-20-18(23)21(33-3)17(13-6-26-30-19(13)20)14-8-31-9-15(28-16(31)7-25-14)29-22(32)12-4-11(12)5-24/h6-12,27H,4H2,1-3H3,(H,26,30)(H,29,32)/t11-,12-/m1/s1. The van der Waals surface area contributed by atoms with Gasteiger partial charge in [-0.3, -0.25) is 14.9 Å². The molecule has 1 saturated carbocycles. The molecule has 1 amide bonds. The number of methoxy groups -OCH3 is 1. The number of anilines is 2. The lowest BCUT2D eigenvalue weighted by Gasteiger charge is -2.17. The fourth-order valence-electron chi connectivity index (χ4n) is 3.93. The van der Waals surface area contributed by atoms with Crippen LogP contribution in [0.15, 0.2) is 24.8 Å². The maximum atomic E-state index is 15.4. The predicted octanol–water partition coefficient (Wildman–Crippen LogP) is 3.34. The molecule has 1 aliphatic carbocycles. The molecule has 33 heavy (non-hydrogen) atoms. The normalized spacial score (nSPS) is 17.3. The lowest BCUT2D eigenvalue weighted by molar-refractivity contribution is -0.117. The number of nitrogens with zero attached hydrogens (tertiary/aromatic N) is 5. The molecule has 0 bridgehead atoms. The summed E-state index contributed by atoms with van der Waals surface area (Å²) in [6, 6.07) is 2.09. The van der Waals surface area contributed by atoms with E-state index in [4.69, 9.17) is 10.00 Å². The molecule has 1 aromatic carbocycles. The van der Waals surface area contributed by atoms with Gasteiger partial charge in [0.15, 0.2) is 23.0 Å². The van der Waals surface area contributed by atoms with Crippen molar-refractivity contribution in [2.75, 3.05) is 17.7 Å². The molecule has 1 fully saturated rings. The third-order valence-electron chi connectivity index (χ3n) is 5.58. The second-order valence-electron chi connectivity index (χ2n) is 8.29. The summed E-state index contributed by atoms with van der Waals surface area (Å²) in [5.74, 6) is -0.907. The van der Waals surface area contributed by atoms with Gasteiger partial charge >= 0.3 is 0 Å². The summed E-state index contributed by atoms with van der Waals surface area (Å²) >= 11 is 0. The van der Waals surface area contributed by atoms with Gasteiger partial charge in [-0.25, -0.2) is 9.37 Å². The van der Waals surface area contributed by atoms with Gasteiger partial charge in [0.1, 0.15) is 5.69 Å². The van der Waals surface area contributed by atoms with Crippen LogP contribution in [-0.4, -0.2) is 43.6 Å². The summed E-state index contributed by atoms with van der Waals surface area (Å²) < 4.78 is 22.6. The second kappa shape index (κ2) is 7.74. The molecule has 5 rings (SSSR count). The monoisotopic (exact) mass is 448 g/mol. The summed E-state index contributed by atoms with van der Waals surface area (Å²) in [4.78, 5) is 21.1. The number of hydrogen-bond acceptors (Lipinski definition) is 7. The van der Waals surface area contributed by atoms with E-state index in [2.05, 4.69) is 36.9 Å².